The molecule has 2 heterocycles. The zero-order valence-electron chi connectivity index (χ0n) is 12.1. The highest BCUT2D eigenvalue weighted by Crippen LogP contribution is 2.16. The molecule has 0 saturated heterocycles. The lowest BCUT2D eigenvalue weighted by Crippen LogP contribution is -2.27. The molecule has 0 radical (unpaired) electrons. The van der Waals surface area contributed by atoms with E-state index in [1.807, 2.05) is 23.7 Å². The number of hydrogen-bond donors (Lipinski definition) is 2. The Bertz CT molecular complexity index is 543. The Labute approximate surface area is 118 Å². The van der Waals surface area contributed by atoms with E-state index in [-0.39, 0.29) is 6.10 Å². The number of fused-ring (bicyclic) bond motifs is 1. The lowest BCUT2D eigenvalue weighted by Gasteiger charge is -2.16. The fourth-order valence-corrected chi connectivity index (χ4v) is 1.92. The zero-order chi connectivity index (χ0) is 14.4. The van der Waals surface area contributed by atoms with Gasteiger partial charge in [-0.3, -0.25) is 0 Å². The summed E-state index contributed by atoms with van der Waals surface area (Å²) in [5.41, 5.74) is 0.791. The van der Waals surface area contributed by atoms with Crippen molar-refractivity contribution in [1.29, 1.82) is 0 Å². The van der Waals surface area contributed by atoms with Crippen LogP contribution in [0.2, 0.25) is 0 Å². The molecule has 0 fully saturated rings. The number of imidazole rings is 1. The van der Waals surface area contributed by atoms with Gasteiger partial charge in [-0.2, -0.15) is 0 Å². The average Bonchev–Trinajstić information content (AvgIpc) is 2.92. The Morgan fingerprint density at radius 2 is 2.20 bits per heavy atom. The number of anilines is 2. The number of nitrogens with one attached hydrogen (secondary N) is 2. The van der Waals surface area contributed by atoms with Crippen LogP contribution in [0.1, 0.15) is 6.92 Å². The minimum absolute atomic E-state index is 0.0281. The number of methoxy groups -OCH3 is 2. The molecule has 1 atom stereocenters. The lowest BCUT2D eigenvalue weighted by atomic mass is 10.3. The van der Waals surface area contributed by atoms with Crippen molar-refractivity contribution >= 4 is 17.3 Å². The van der Waals surface area contributed by atoms with E-state index in [4.69, 9.17) is 9.47 Å². The molecule has 0 aliphatic rings. The predicted octanol–water partition coefficient (Wildman–Crippen LogP) is 1.23. The van der Waals surface area contributed by atoms with E-state index in [1.165, 1.54) is 0 Å². The number of aromatic nitrogens is 3. The van der Waals surface area contributed by atoms with E-state index in [2.05, 4.69) is 20.6 Å². The zero-order valence-corrected chi connectivity index (χ0v) is 12.1. The molecule has 7 heteroatoms. The van der Waals surface area contributed by atoms with Crippen molar-refractivity contribution < 1.29 is 9.47 Å². The second kappa shape index (κ2) is 7.06. The standard InChI is InChI=1S/C13H21N5O2/c1-4-14-11-8-18-6-5-15-13(18)12(17-11)16-7-10(20-3)9-19-2/h5-6,8,10,14H,4,7,9H2,1-3H3,(H,16,17). The van der Waals surface area contributed by atoms with E-state index in [1.54, 1.807) is 20.4 Å². The summed E-state index contributed by atoms with van der Waals surface area (Å²) in [6.45, 7) is 3.99. The molecule has 2 aromatic rings. The van der Waals surface area contributed by atoms with Gasteiger partial charge in [0.15, 0.2) is 11.5 Å². The summed E-state index contributed by atoms with van der Waals surface area (Å²) < 4.78 is 12.4. The summed E-state index contributed by atoms with van der Waals surface area (Å²) in [6.07, 6.45) is 5.53. The molecule has 0 saturated carbocycles. The molecule has 110 valence electrons. The van der Waals surface area contributed by atoms with Gasteiger partial charge >= 0.3 is 0 Å². The van der Waals surface area contributed by atoms with E-state index in [9.17, 15) is 0 Å². The quantitative estimate of drug-likeness (QED) is 0.757. The van der Waals surface area contributed by atoms with Gasteiger partial charge in [0.05, 0.1) is 18.9 Å². The van der Waals surface area contributed by atoms with Gasteiger partial charge in [0.1, 0.15) is 5.82 Å². The number of rotatable bonds is 8. The van der Waals surface area contributed by atoms with Gasteiger partial charge in [-0.25, -0.2) is 9.97 Å². The summed E-state index contributed by atoms with van der Waals surface area (Å²) >= 11 is 0. The third-order valence-corrected chi connectivity index (χ3v) is 2.92. The van der Waals surface area contributed by atoms with Crippen molar-refractivity contribution in [3.05, 3.63) is 18.6 Å². The van der Waals surface area contributed by atoms with Crippen LogP contribution in [0.25, 0.3) is 5.65 Å². The Morgan fingerprint density at radius 3 is 2.90 bits per heavy atom. The first-order valence-electron chi connectivity index (χ1n) is 6.61. The molecule has 0 spiro atoms. The SMILES string of the molecule is CCNc1cn2ccnc2c(NCC(COC)OC)n1. The van der Waals surface area contributed by atoms with Crippen LogP contribution in [-0.4, -0.2) is 54.4 Å². The van der Waals surface area contributed by atoms with Gasteiger partial charge in [-0.15, -0.1) is 0 Å². The normalized spacial score (nSPS) is 12.6. The van der Waals surface area contributed by atoms with Gasteiger partial charge in [-0.05, 0) is 6.92 Å². The summed E-state index contributed by atoms with van der Waals surface area (Å²) in [7, 11) is 3.32. The molecular weight excluding hydrogens is 258 g/mol. The summed E-state index contributed by atoms with van der Waals surface area (Å²) in [4.78, 5) is 8.84. The highest BCUT2D eigenvalue weighted by Gasteiger charge is 2.11. The average molecular weight is 279 g/mol. The van der Waals surface area contributed by atoms with Crippen LogP contribution in [0.4, 0.5) is 11.6 Å². The smallest absolute Gasteiger partial charge is 0.180 e. The minimum Gasteiger partial charge on any atom is -0.382 e. The molecule has 2 aromatic heterocycles. The molecule has 0 bridgehead atoms. The molecule has 0 aromatic carbocycles. The van der Waals surface area contributed by atoms with E-state index >= 15 is 0 Å². The third-order valence-electron chi connectivity index (χ3n) is 2.92. The molecule has 0 aliphatic heterocycles. The third kappa shape index (κ3) is 3.37. The highest BCUT2D eigenvalue weighted by molar-refractivity contribution is 5.65. The second-order valence-corrected chi connectivity index (χ2v) is 4.36. The molecule has 0 aliphatic carbocycles. The van der Waals surface area contributed by atoms with Crippen molar-refractivity contribution in [2.24, 2.45) is 0 Å². The Balaban J connectivity index is 2.16. The van der Waals surface area contributed by atoms with Gasteiger partial charge in [0, 0.05) is 39.7 Å². The first-order valence-corrected chi connectivity index (χ1v) is 6.61. The predicted molar refractivity (Wildman–Crippen MR) is 78.3 cm³/mol. The van der Waals surface area contributed by atoms with Crippen LogP contribution in [-0.2, 0) is 9.47 Å². The Kier molecular flexibility index (Phi) is 5.14. The monoisotopic (exact) mass is 279 g/mol. The Morgan fingerprint density at radius 1 is 1.35 bits per heavy atom. The number of ether oxygens (including phenoxy) is 2. The maximum Gasteiger partial charge on any atom is 0.180 e. The van der Waals surface area contributed by atoms with E-state index in [0.717, 1.165) is 23.8 Å². The molecular formula is C13H21N5O2. The molecule has 2 N–H and O–H groups in total. The van der Waals surface area contributed by atoms with Gasteiger partial charge in [-0.1, -0.05) is 0 Å². The molecule has 0 amide bonds. The summed E-state index contributed by atoms with van der Waals surface area (Å²) in [6, 6.07) is 0. The maximum absolute atomic E-state index is 5.33. The van der Waals surface area contributed by atoms with Crippen LogP contribution in [0.15, 0.2) is 18.6 Å². The van der Waals surface area contributed by atoms with Crippen molar-refractivity contribution in [1.82, 2.24) is 14.4 Å². The lowest BCUT2D eigenvalue weighted by molar-refractivity contribution is 0.0365. The second-order valence-electron chi connectivity index (χ2n) is 4.36. The summed E-state index contributed by atoms with van der Waals surface area (Å²) in [5.74, 6) is 1.54. The fraction of sp³-hybridized carbons (Fsp3) is 0.538. The maximum atomic E-state index is 5.33. The highest BCUT2D eigenvalue weighted by atomic mass is 16.5. The van der Waals surface area contributed by atoms with E-state index < -0.39 is 0 Å². The molecule has 20 heavy (non-hydrogen) atoms. The van der Waals surface area contributed by atoms with Crippen molar-refractivity contribution in [3.63, 3.8) is 0 Å². The first kappa shape index (κ1) is 14.5. The molecule has 2 rings (SSSR count). The fourth-order valence-electron chi connectivity index (χ4n) is 1.92. The van der Waals surface area contributed by atoms with Gasteiger partial charge in [0.2, 0.25) is 0 Å². The van der Waals surface area contributed by atoms with Crippen molar-refractivity contribution in [2.45, 2.75) is 13.0 Å². The van der Waals surface area contributed by atoms with Crippen LogP contribution < -0.4 is 10.6 Å². The van der Waals surface area contributed by atoms with Crippen molar-refractivity contribution in [2.75, 3.05) is 44.5 Å². The number of hydrogen-bond acceptors (Lipinski definition) is 6. The summed E-state index contributed by atoms with van der Waals surface area (Å²) in [5, 5.41) is 6.47. The van der Waals surface area contributed by atoms with Crippen LogP contribution in [0, 0.1) is 0 Å². The van der Waals surface area contributed by atoms with Crippen LogP contribution in [0.3, 0.4) is 0 Å². The Hall–Kier alpha value is -1.86. The number of nitrogens with zero attached hydrogens (tertiary/aromatic N) is 3. The first-order chi connectivity index (χ1) is 9.78. The van der Waals surface area contributed by atoms with Gasteiger partial charge < -0.3 is 24.5 Å². The van der Waals surface area contributed by atoms with E-state index in [0.29, 0.717) is 13.2 Å². The van der Waals surface area contributed by atoms with Crippen LogP contribution >= 0.6 is 0 Å². The van der Waals surface area contributed by atoms with Gasteiger partial charge in [0.25, 0.3) is 0 Å². The van der Waals surface area contributed by atoms with Crippen molar-refractivity contribution in [3.8, 4) is 0 Å². The van der Waals surface area contributed by atoms with Crippen LogP contribution in [0.5, 0.6) is 0 Å². The molecule has 1 unspecified atom stereocenters. The molecule has 7 nitrogen and oxygen atoms in total. The largest absolute Gasteiger partial charge is 0.382 e. The minimum atomic E-state index is -0.0281. The topological polar surface area (TPSA) is 72.7 Å².